The summed E-state index contributed by atoms with van der Waals surface area (Å²) in [7, 11) is 2.98. The number of rotatable bonds is 9. The Hall–Kier alpha value is -3.56. The highest BCUT2D eigenvalue weighted by Crippen LogP contribution is 2.29. The van der Waals surface area contributed by atoms with Crippen LogP contribution < -0.4 is 24.4 Å². The van der Waals surface area contributed by atoms with Crippen molar-refractivity contribution >= 4 is 45.6 Å². The lowest BCUT2D eigenvalue weighted by Gasteiger charge is -2.11. The fourth-order valence-corrected chi connectivity index (χ4v) is 3.31. The van der Waals surface area contributed by atoms with E-state index in [1.807, 2.05) is 0 Å². The van der Waals surface area contributed by atoms with Crippen molar-refractivity contribution in [3.05, 3.63) is 81.3 Å². The van der Waals surface area contributed by atoms with Crippen LogP contribution in [0.1, 0.15) is 15.9 Å². The Morgan fingerprint density at radius 3 is 2.50 bits per heavy atom. The van der Waals surface area contributed by atoms with Gasteiger partial charge in [-0.05, 0) is 54.6 Å². The van der Waals surface area contributed by atoms with Gasteiger partial charge in [0.05, 0.1) is 26.0 Å². The van der Waals surface area contributed by atoms with Crippen molar-refractivity contribution in [2.45, 2.75) is 0 Å². The van der Waals surface area contributed by atoms with Crippen LogP contribution in [0, 0.1) is 0 Å². The maximum absolute atomic E-state index is 12.7. The summed E-state index contributed by atoms with van der Waals surface area (Å²) in [5.74, 6) is 0.522. The number of carbonyl (C=O) groups excluding carboxylic acids is 2. The van der Waals surface area contributed by atoms with Crippen molar-refractivity contribution in [2.24, 2.45) is 5.10 Å². The lowest BCUT2D eigenvalue weighted by atomic mass is 10.2. The number of hydrogen-bond acceptors (Lipinski definition) is 7. The normalized spacial score (nSPS) is 10.6. The molecule has 1 amide bonds. The fraction of sp³-hybridized carbons (Fsp3) is 0.125. The highest BCUT2D eigenvalue weighted by Gasteiger charge is 2.15. The molecule has 0 spiro atoms. The zero-order valence-electron chi connectivity index (χ0n) is 18.2. The van der Waals surface area contributed by atoms with E-state index in [2.05, 4.69) is 26.5 Å². The number of nitrogens with one attached hydrogen (secondary N) is 1. The molecule has 0 heterocycles. The molecule has 3 aromatic rings. The molecular formula is C24H20BrClN2O6. The fourth-order valence-electron chi connectivity index (χ4n) is 2.75. The molecule has 0 saturated heterocycles. The molecule has 0 bridgehead atoms. The van der Waals surface area contributed by atoms with Gasteiger partial charge in [-0.3, -0.25) is 4.79 Å². The number of carbonyl (C=O) groups is 2. The van der Waals surface area contributed by atoms with E-state index in [4.69, 9.17) is 30.5 Å². The Labute approximate surface area is 209 Å². The topological polar surface area (TPSA) is 95.5 Å². The summed E-state index contributed by atoms with van der Waals surface area (Å²) in [4.78, 5) is 24.7. The number of amides is 1. The summed E-state index contributed by atoms with van der Waals surface area (Å²) in [5, 5.41) is 4.42. The zero-order chi connectivity index (χ0) is 24.5. The first-order chi connectivity index (χ1) is 16.4. The maximum atomic E-state index is 12.7. The van der Waals surface area contributed by atoms with Gasteiger partial charge in [0, 0.05) is 15.1 Å². The number of hydrazone groups is 1. The van der Waals surface area contributed by atoms with Crippen molar-refractivity contribution in [1.29, 1.82) is 0 Å². The minimum absolute atomic E-state index is 0.246. The monoisotopic (exact) mass is 546 g/mol. The summed E-state index contributed by atoms with van der Waals surface area (Å²) in [5.41, 5.74) is 3.09. The number of esters is 1. The van der Waals surface area contributed by atoms with Crippen LogP contribution in [0.3, 0.4) is 0 Å². The minimum atomic E-state index is -0.600. The van der Waals surface area contributed by atoms with Gasteiger partial charge < -0.3 is 18.9 Å². The molecule has 34 heavy (non-hydrogen) atoms. The molecule has 0 saturated carbocycles. The van der Waals surface area contributed by atoms with Crippen molar-refractivity contribution in [1.82, 2.24) is 5.43 Å². The summed E-state index contributed by atoms with van der Waals surface area (Å²) < 4.78 is 22.0. The SMILES string of the molecule is COc1ccc(C(=O)Oc2ccc(Br)cc2C=NNC(=O)COc2cccc(Cl)c2)cc1OC. The molecule has 0 radical (unpaired) electrons. The van der Waals surface area contributed by atoms with Crippen LogP contribution in [0.2, 0.25) is 5.02 Å². The molecular weight excluding hydrogens is 528 g/mol. The molecule has 10 heteroatoms. The van der Waals surface area contributed by atoms with Gasteiger partial charge in [0.15, 0.2) is 18.1 Å². The van der Waals surface area contributed by atoms with Gasteiger partial charge in [-0.25, -0.2) is 10.2 Å². The Balaban J connectivity index is 1.65. The van der Waals surface area contributed by atoms with Crippen LogP contribution in [-0.4, -0.2) is 38.9 Å². The third-order valence-corrected chi connectivity index (χ3v) is 5.08. The van der Waals surface area contributed by atoms with Crippen molar-refractivity contribution in [3.63, 3.8) is 0 Å². The Morgan fingerprint density at radius 2 is 1.76 bits per heavy atom. The second-order valence-electron chi connectivity index (χ2n) is 6.68. The van der Waals surface area contributed by atoms with E-state index in [1.165, 1.54) is 26.5 Å². The highest BCUT2D eigenvalue weighted by atomic mass is 79.9. The average molecular weight is 548 g/mol. The standard InChI is InChI=1S/C24H20BrClN2O6/c1-31-21-8-6-15(11-22(21)32-2)24(30)34-20-9-7-17(25)10-16(20)13-27-28-23(29)14-33-19-5-3-4-18(26)12-19/h3-13H,14H2,1-2H3,(H,28,29). The largest absolute Gasteiger partial charge is 0.493 e. The van der Waals surface area contributed by atoms with Crippen LogP contribution in [0.25, 0.3) is 0 Å². The molecule has 0 fully saturated rings. The van der Waals surface area contributed by atoms with Gasteiger partial charge in [0.1, 0.15) is 11.5 Å². The number of halogens is 2. The van der Waals surface area contributed by atoms with Gasteiger partial charge in [-0.1, -0.05) is 33.6 Å². The molecule has 0 aliphatic heterocycles. The Kier molecular flexibility index (Phi) is 8.89. The van der Waals surface area contributed by atoms with Gasteiger partial charge >= 0.3 is 5.97 Å². The molecule has 8 nitrogen and oxygen atoms in total. The van der Waals surface area contributed by atoms with E-state index < -0.39 is 11.9 Å². The van der Waals surface area contributed by atoms with Crippen LogP contribution in [-0.2, 0) is 4.79 Å². The summed E-state index contributed by atoms with van der Waals surface area (Å²) in [6.07, 6.45) is 1.36. The maximum Gasteiger partial charge on any atom is 0.343 e. The number of methoxy groups -OCH3 is 2. The number of benzene rings is 3. The van der Waals surface area contributed by atoms with Crippen LogP contribution in [0.5, 0.6) is 23.0 Å². The van der Waals surface area contributed by atoms with Crippen LogP contribution >= 0.6 is 27.5 Å². The number of nitrogens with zero attached hydrogens (tertiary/aromatic N) is 1. The quantitative estimate of drug-likeness (QED) is 0.178. The predicted molar refractivity (Wildman–Crippen MR) is 131 cm³/mol. The Morgan fingerprint density at radius 1 is 1.00 bits per heavy atom. The van der Waals surface area contributed by atoms with Crippen molar-refractivity contribution in [2.75, 3.05) is 20.8 Å². The summed E-state index contributed by atoms with van der Waals surface area (Å²) in [6.45, 7) is -0.253. The van der Waals surface area contributed by atoms with Gasteiger partial charge in [0.2, 0.25) is 0 Å². The Bertz CT molecular complexity index is 1220. The van der Waals surface area contributed by atoms with E-state index in [-0.39, 0.29) is 17.9 Å². The second-order valence-corrected chi connectivity index (χ2v) is 8.03. The number of ether oxygens (including phenoxy) is 4. The number of hydrogen-bond donors (Lipinski definition) is 1. The summed E-state index contributed by atoms with van der Waals surface area (Å²) in [6, 6.07) is 16.4. The molecule has 0 aromatic heterocycles. The smallest absolute Gasteiger partial charge is 0.343 e. The van der Waals surface area contributed by atoms with Crippen molar-refractivity contribution in [3.8, 4) is 23.0 Å². The third-order valence-electron chi connectivity index (χ3n) is 4.35. The first kappa shape index (κ1) is 25.1. The predicted octanol–water partition coefficient (Wildman–Crippen LogP) is 4.87. The van der Waals surface area contributed by atoms with Gasteiger partial charge in [-0.15, -0.1) is 0 Å². The third kappa shape index (κ3) is 6.97. The molecule has 0 aliphatic rings. The molecule has 1 N–H and O–H groups in total. The zero-order valence-corrected chi connectivity index (χ0v) is 20.6. The molecule has 3 rings (SSSR count). The van der Waals surface area contributed by atoms with E-state index in [0.29, 0.717) is 27.8 Å². The van der Waals surface area contributed by atoms with Crippen molar-refractivity contribution < 1.29 is 28.5 Å². The van der Waals surface area contributed by atoms with Gasteiger partial charge in [0.25, 0.3) is 5.91 Å². The average Bonchev–Trinajstić information content (AvgIpc) is 2.83. The molecule has 0 unspecified atom stereocenters. The lowest BCUT2D eigenvalue weighted by Crippen LogP contribution is -2.24. The molecule has 3 aromatic carbocycles. The van der Waals surface area contributed by atoms with E-state index >= 15 is 0 Å². The van der Waals surface area contributed by atoms with E-state index in [9.17, 15) is 9.59 Å². The van der Waals surface area contributed by atoms with Crippen LogP contribution in [0.15, 0.2) is 70.2 Å². The van der Waals surface area contributed by atoms with Gasteiger partial charge in [-0.2, -0.15) is 5.10 Å². The van der Waals surface area contributed by atoms with Crippen LogP contribution in [0.4, 0.5) is 0 Å². The molecule has 0 atom stereocenters. The first-order valence-corrected chi connectivity index (χ1v) is 11.0. The lowest BCUT2D eigenvalue weighted by molar-refractivity contribution is -0.123. The minimum Gasteiger partial charge on any atom is -0.493 e. The molecule has 0 aliphatic carbocycles. The second kappa shape index (κ2) is 12.1. The van der Waals surface area contributed by atoms with E-state index in [1.54, 1.807) is 54.6 Å². The summed E-state index contributed by atoms with van der Waals surface area (Å²) >= 11 is 9.26. The first-order valence-electron chi connectivity index (χ1n) is 9.83. The highest BCUT2D eigenvalue weighted by molar-refractivity contribution is 9.10. The van der Waals surface area contributed by atoms with E-state index in [0.717, 1.165) is 4.47 Å². The molecule has 176 valence electrons.